The lowest BCUT2D eigenvalue weighted by atomic mass is 10.1. The smallest absolute Gasteiger partial charge is 0.00922 e. The van der Waals surface area contributed by atoms with E-state index in [9.17, 15) is 0 Å². The Morgan fingerprint density at radius 2 is 1.67 bits per heavy atom. The number of benzene rings is 1. The number of allylic oxidation sites excluding steroid dienone is 1. The van der Waals surface area contributed by atoms with Crippen LogP contribution in [0.5, 0.6) is 0 Å². The number of hydrogen-bond acceptors (Lipinski definition) is 0. The normalized spacial score (nSPS) is 10.3. The maximum absolute atomic E-state index is 3.21. The summed E-state index contributed by atoms with van der Waals surface area (Å²) in [7, 11) is 0. The van der Waals surface area contributed by atoms with Crippen molar-refractivity contribution in [2.45, 2.75) is 51.9 Å². The number of unbranched alkanes of at least 4 members (excludes halogenated alkanes) is 6. The van der Waals surface area contributed by atoms with Gasteiger partial charge in [0.15, 0.2) is 0 Å². The second-order valence-electron chi connectivity index (χ2n) is 4.58. The van der Waals surface area contributed by atoms with Crippen molar-refractivity contribution in [1.29, 1.82) is 0 Å². The van der Waals surface area contributed by atoms with Gasteiger partial charge in [-0.05, 0) is 24.1 Å². The summed E-state index contributed by atoms with van der Waals surface area (Å²) in [6, 6.07) is 10.3. The van der Waals surface area contributed by atoms with E-state index in [4.69, 9.17) is 0 Å². The first kappa shape index (κ1) is 14.6. The summed E-state index contributed by atoms with van der Waals surface area (Å²) in [6.07, 6.45) is 13.1. The summed E-state index contributed by atoms with van der Waals surface area (Å²) < 4.78 is 0. The average molecular weight is 240 g/mol. The molecule has 0 atom stereocenters. The first-order chi connectivity index (χ1) is 8.93. The van der Waals surface area contributed by atoms with Crippen molar-refractivity contribution in [2.75, 3.05) is 0 Å². The van der Waals surface area contributed by atoms with Crippen LogP contribution >= 0.6 is 0 Å². The monoisotopic (exact) mass is 240 g/mol. The lowest BCUT2D eigenvalue weighted by Crippen LogP contribution is -1.77. The minimum Gasteiger partial charge on any atom is -0.0985 e. The lowest BCUT2D eigenvalue weighted by Gasteiger charge is -1.96. The Morgan fingerprint density at radius 1 is 0.944 bits per heavy atom. The highest BCUT2D eigenvalue weighted by Crippen LogP contribution is 2.06. The Kier molecular flexibility index (Phi) is 8.63. The molecule has 0 amide bonds. The Hall–Kier alpha value is -1.48. The van der Waals surface area contributed by atoms with Crippen LogP contribution in [-0.4, -0.2) is 0 Å². The molecule has 0 radical (unpaired) electrons. The highest BCUT2D eigenvalue weighted by atomic mass is 13.9. The molecule has 0 unspecified atom stereocenters. The first-order valence-electron chi connectivity index (χ1n) is 7.13. The molecule has 1 aromatic rings. The van der Waals surface area contributed by atoms with E-state index < -0.39 is 0 Å². The van der Waals surface area contributed by atoms with E-state index in [1.165, 1.54) is 44.1 Å². The third kappa shape index (κ3) is 7.74. The second kappa shape index (κ2) is 10.7. The third-order valence-corrected chi connectivity index (χ3v) is 2.92. The van der Waals surface area contributed by atoms with Crippen molar-refractivity contribution in [3.8, 4) is 11.8 Å². The van der Waals surface area contributed by atoms with Gasteiger partial charge in [0, 0.05) is 6.42 Å². The molecular weight excluding hydrogens is 216 g/mol. The van der Waals surface area contributed by atoms with Gasteiger partial charge in [0.25, 0.3) is 0 Å². The SMILES string of the molecule is CCCCCCCCC#C/C=C\c1ccccc1. The highest BCUT2D eigenvalue weighted by molar-refractivity contribution is 5.52. The number of hydrogen-bond donors (Lipinski definition) is 0. The van der Waals surface area contributed by atoms with Crippen LogP contribution in [0.15, 0.2) is 36.4 Å². The highest BCUT2D eigenvalue weighted by Gasteiger charge is 1.87. The standard InChI is InChI=1S/C18H24/c1-2-3-4-5-6-7-8-9-10-12-15-18-16-13-11-14-17-18/h11-17H,2-8H2,1H3/b15-12-. The molecule has 0 N–H and O–H groups in total. The minimum atomic E-state index is 1.03. The fraction of sp³-hybridized carbons (Fsp3) is 0.444. The van der Waals surface area contributed by atoms with Crippen molar-refractivity contribution < 1.29 is 0 Å². The molecule has 0 heterocycles. The predicted octanol–water partition coefficient (Wildman–Crippen LogP) is 5.45. The topological polar surface area (TPSA) is 0 Å². The van der Waals surface area contributed by atoms with Crippen LogP contribution < -0.4 is 0 Å². The van der Waals surface area contributed by atoms with E-state index in [1.807, 2.05) is 24.3 Å². The fourth-order valence-corrected chi connectivity index (χ4v) is 1.83. The van der Waals surface area contributed by atoms with Gasteiger partial charge < -0.3 is 0 Å². The molecule has 18 heavy (non-hydrogen) atoms. The molecule has 0 bridgehead atoms. The summed E-state index contributed by atoms with van der Waals surface area (Å²) >= 11 is 0. The van der Waals surface area contributed by atoms with Gasteiger partial charge in [0.05, 0.1) is 0 Å². The van der Waals surface area contributed by atoms with Gasteiger partial charge in [-0.3, -0.25) is 0 Å². The zero-order chi connectivity index (χ0) is 12.9. The van der Waals surface area contributed by atoms with E-state index in [2.05, 4.69) is 37.0 Å². The van der Waals surface area contributed by atoms with Gasteiger partial charge in [-0.1, -0.05) is 81.2 Å². The van der Waals surface area contributed by atoms with Gasteiger partial charge in [-0.2, -0.15) is 0 Å². The van der Waals surface area contributed by atoms with E-state index in [-0.39, 0.29) is 0 Å². The molecule has 1 aromatic carbocycles. The molecule has 0 spiro atoms. The van der Waals surface area contributed by atoms with Crippen molar-refractivity contribution in [3.63, 3.8) is 0 Å². The molecule has 0 aliphatic rings. The van der Waals surface area contributed by atoms with E-state index >= 15 is 0 Å². The molecule has 1 rings (SSSR count). The minimum absolute atomic E-state index is 1.03. The van der Waals surface area contributed by atoms with Crippen molar-refractivity contribution in [3.05, 3.63) is 42.0 Å². The fourth-order valence-electron chi connectivity index (χ4n) is 1.83. The van der Waals surface area contributed by atoms with Crippen LogP contribution in [-0.2, 0) is 0 Å². The number of rotatable bonds is 7. The molecule has 0 fully saturated rings. The van der Waals surface area contributed by atoms with E-state index in [0.717, 1.165) is 6.42 Å². The summed E-state index contributed by atoms with van der Waals surface area (Å²) in [5.41, 5.74) is 1.21. The van der Waals surface area contributed by atoms with Gasteiger partial charge in [0.1, 0.15) is 0 Å². The Balaban J connectivity index is 2.06. The molecule has 0 aliphatic carbocycles. The average Bonchev–Trinajstić information content (AvgIpc) is 2.42. The maximum atomic E-state index is 3.21. The van der Waals surface area contributed by atoms with Crippen LogP contribution in [0.2, 0.25) is 0 Å². The lowest BCUT2D eigenvalue weighted by molar-refractivity contribution is 0.614. The van der Waals surface area contributed by atoms with E-state index in [1.54, 1.807) is 0 Å². The largest absolute Gasteiger partial charge is 0.0985 e. The van der Waals surface area contributed by atoms with Crippen LogP contribution in [0.4, 0.5) is 0 Å². The molecule has 0 aliphatic heterocycles. The quantitative estimate of drug-likeness (QED) is 0.439. The van der Waals surface area contributed by atoms with Gasteiger partial charge in [0.2, 0.25) is 0 Å². The van der Waals surface area contributed by atoms with Crippen LogP contribution in [0.1, 0.15) is 57.4 Å². The van der Waals surface area contributed by atoms with Crippen LogP contribution in [0.25, 0.3) is 6.08 Å². The summed E-state index contributed by atoms with van der Waals surface area (Å²) in [5.74, 6) is 6.32. The molecule has 0 saturated carbocycles. The molecule has 96 valence electrons. The first-order valence-corrected chi connectivity index (χ1v) is 7.13. The zero-order valence-corrected chi connectivity index (χ0v) is 11.5. The molecule has 0 heteroatoms. The predicted molar refractivity (Wildman–Crippen MR) is 81.2 cm³/mol. The molecular formula is C18H24. The van der Waals surface area contributed by atoms with Gasteiger partial charge >= 0.3 is 0 Å². The van der Waals surface area contributed by atoms with Crippen LogP contribution in [0.3, 0.4) is 0 Å². The molecule has 0 nitrogen and oxygen atoms in total. The van der Waals surface area contributed by atoms with Crippen LogP contribution in [0, 0.1) is 11.8 Å². The molecule has 0 aromatic heterocycles. The zero-order valence-electron chi connectivity index (χ0n) is 11.5. The van der Waals surface area contributed by atoms with Crippen molar-refractivity contribution >= 4 is 6.08 Å². The summed E-state index contributed by atoms with van der Waals surface area (Å²) in [4.78, 5) is 0. The summed E-state index contributed by atoms with van der Waals surface area (Å²) in [6.45, 7) is 2.25. The van der Waals surface area contributed by atoms with Crippen molar-refractivity contribution in [2.24, 2.45) is 0 Å². The second-order valence-corrected chi connectivity index (χ2v) is 4.58. The van der Waals surface area contributed by atoms with Gasteiger partial charge in [-0.15, -0.1) is 0 Å². The van der Waals surface area contributed by atoms with Crippen molar-refractivity contribution in [1.82, 2.24) is 0 Å². The Morgan fingerprint density at radius 3 is 2.44 bits per heavy atom. The Bertz CT molecular complexity index is 375. The summed E-state index contributed by atoms with van der Waals surface area (Å²) in [5, 5.41) is 0. The van der Waals surface area contributed by atoms with E-state index in [0.29, 0.717) is 0 Å². The third-order valence-electron chi connectivity index (χ3n) is 2.92. The molecule has 0 saturated heterocycles. The van der Waals surface area contributed by atoms with Gasteiger partial charge in [-0.25, -0.2) is 0 Å². The maximum Gasteiger partial charge on any atom is 0.00922 e. The Labute approximate surface area is 112 Å².